The van der Waals surface area contributed by atoms with Crippen LogP contribution in [0.4, 0.5) is 0 Å². The Morgan fingerprint density at radius 3 is 2.21 bits per heavy atom. The van der Waals surface area contributed by atoms with Crippen LogP contribution in [0, 0.1) is 6.92 Å². The zero-order chi connectivity index (χ0) is 24.1. The number of esters is 1. The molecule has 0 spiro atoms. The van der Waals surface area contributed by atoms with Crippen LogP contribution < -0.4 is 5.32 Å². The summed E-state index contributed by atoms with van der Waals surface area (Å²) < 4.78 is 11.2. The Bertz CT molecular complexity index is 1280. The van der Waals surface area contributed by atoms with Gasteiger partial charge in [-0.25, -0.2) is 4.79 Å². The van der Waals surface area contributed by atoms with Crippen LogP contribution in [0.15, 0.2) is 83.3 Å². The molecule has 3 aromatic carbocycles. The molecule has 1 heterocycles. The Labute approximate surface area is 197 Å². The van der Waals surface area contributed by atoms with Crippen molar-refractivity contribution in [3.05, 3.63) is 95.6 Å². The van der Waals surface area contributed by atoms with E-state index in [-0.39, 0.29) is 11.9 Å². The number of amides is 1. The summed E-state index contributed by atoms with van der Waals surface area (Å²) in [7, 11) is 0. The number of carbonyl (C=O) groups is 2. The highest BCUT2D eigenvalue weighted by Gasteiger charge is 2.21. The highest BCUT2D eigenvalue weighted by atomic mass is 16.5. The molecular weight excluding hydrogens is 430 g/mol. The fraction of sp³-hybridized carbons (Fsp3) is 0.185. The van der Waals surface area contributed by atoms with Gasteiger partial charge < -0.3 is 14.5 Å². The summed E-state index contributed by atoms with van der Waals surface area (Å²) in [5.74, 6) is -0.175. The van der Waals surface area contributed by atoms with E-state index in [1.807, 2.05) is 68.4 Å². The topological polar surface area (TPSA) is 94.3 Å². The number of ether oxygens (including phenoxy) is 1. The normalized spacial score (nSPS) is 12.6. The predicted octanol–water partition coefficient (Wildman–Crippen LogP) is 5.13. The second-order valence-corrected chi connectivity index (χ2v) is 7.99. The van der Waals surface area contributed by atoms with E-state index in [1.54, 1.807) is 31.2 Å². The highest BCUT2D eigenvalue weighted by molar-refractivity contribution is 5.92. The molecule has 172 valence electrons. The predicted molar refractivity (Wildman–Crippen MR) is 128 cm³/mol. The SMILES string of the molecule is Cc1ccccc1-c1nnc(-c2ccc(C(=O)OC(C)C(=O)NC(C)c3ccccc3)cc2)o1. The van der Waals surface area contributed by atoms with Gasteiger partial charge in [0.05, 0.1) is 11.6 Å². The van der Waals surface area contributed by atoms with Crippen molar-refractivity contribution in [1.82, 2.24) is 15.5 Å². The lowest BCUT2D eigenvalue weighted by Crippen LogP contribution is -2.37. The average molecular weight is 456 g/mol. The fourth-order valence-corrected chi connectivity index (χ4v) is 3.45. The van der Waals surface area contributed by atoms with Gasteiger partial charge in [-0.3, -0.25) is 4.79 Å². The minimum atomic E-state index is -0.939. The number of rotatable bonds is 7. The smallest absolute Gasteiger partial charge is 0.338 e. The van der Waals surface area contributed by atoms with E-state index < -0.39 is 12.1 Å². The van der Waals surface area contributed by atoms with Gasteiger partial charge in [0.15, 0.2) is 6.10 Å². The molecule has 7 nitrogen and oxygen atoms in total. The van der Waals surface area contributed by atoms with Gasteiger partial charge in [-0.15, -0.1) is 10.2 Å². The second kappa shape index (κ2) is 10.1. The number of nitrogens with one attached hydrogen (secondary N) is 1. The zero-order valence-corrected chi connectivity index (χ0v) is 19.2. The van der Waals surface area contributed by atoms with Gasteiger partial charge in [0.25, 0.3) is 5.91 Å². The first-order valence-electron chi connectivity index (χ1n) is 11.0. The fourth-order valence-electron chi connectivity index (χ4n) is 3.45. The van der Waals surface area contributed by atoms with E-state index in [9.17, 15) is 9.59 Å². The summed E-state index contributed by atoms with van der Waals surface area (Å²) in [6.07, 6.45) is -0.939. The second-order valence-electron chi connectivity index (χ2n) is 7.99. The number of nitrogens with zero attached hydrogens (tertiary/aromatic N) is 2. The van der Waals surface area contributed by atoms with Crippen LogP contribution in [-0.2, 0) is 9.53 Å². The first-order chi connectivity index (χ1) is 16.4. The first-order valence-corrected chi connectivity index (χ1v) is 11.0. The van der Waals surface area contributed by atoms with Gasteiger partial charge in [0.1, 0.15) is 0 Å². The molecule has 1 N–H and O–H groups in total. The zero-order valence-electron chi connectivity index (χ0n) is 19.2. The minimum Gasteiger partial charge on any atom is -0.449 e. The van der Waals surface area contributed by atoms with Gasteiger partial charge in [0, 0.05) is 11.1 Å². The Morgan fingerprint density at radius 2 is 1.50 bits per heavy atom. The summed E-state index contributed by atoms with van der Waals surface area (Å²) in [5.41, 5.74) is 3.86. The molecule has 0 aliphatic rings. The summed E-state index contributed by atoms with van der Waals surface area (Å²) in [4.78, 5) is 25.0. The van der Waals surface area contributed by atoms with Gasteiger partial charge in [0.2, 0.25) is 11.8 Å². The number of aryl methyl sites for hydroxylation is 1. The van der Waals surface area contributed by atoms with E-state index >= 15 is 0 Å². The first kappa shape index (κ1) is 22.9. The third kappa shape index (κ3) is 5.20. The lowest BCUT2D eigenvalue weighted by Gasteiger charge is -2.18. The molecule has 0 fully saturated rings. The van der Waals surface area contributed by atoms with Crippen molar-refractivity contribution in [3.8, 4) is 22.9 Å². The van der Waals surface area contributed by atoms with Crippen LogP contribution in [0.1, 0.15) is 41.4 Å². The molecular formula is C27H25N3O4. The standard InChI is InChI=1S/C27H25N3O4/c1-17-9-7-8-12-23(17)26-30-29-25(34-26)21-13-15-22(16-14-21)27(32)33-19(3)24(31)28-18(2)20-10-5-4-6-11-20/h4-16,18-19H,1-3H3,(H,28,31). The Kier molecular flexibility index (Phi) is 6.82. The molecule has 7 heteroatoms. The van der Waals surface area contributed by atoms with E-state index in [2.05, 4.69) is 15.5 Å². The molecule has 0 aliphatic carbocycles. The number of carbonyl (C=O) groups excluding carboxylic acids is 2. The van der Waals surface area contributed by atoms with Crippen molar-refractivity contribution >= 4 is 11.9 Å². The number of hydrogen-bond acceptors (Lipinski definition) is 6. The van der Waals surface area contributed by atoms with Crippen LogP contribution in [0.3, 0.4) is 0 Å². The molecule has 34 heavy (non-hydrogen) atoms. The largest absolute Gasteiger partial charge is 0.449 e. The van der Waals surface area contributed by atoms with Crippen molar-refractivity contribution < 1.29 is 18.7 Å². The molecule has 4 aromatic rings. The highest BCUT2D eigenvalue weighted by Crippen LogP contribution is 2.26. The van der Waals surface area contributed by atoms with E-state index in [0.29, 0.717) is 22.9 Å². The van der Waals surface area contributed by atoms with E-state index in [0.717, 1.165) is 16.7 Å². The minimum absolute atomic E-state index is 0.201. The van der Waals surface area contributed by atoms with Crippen molar-refractivity contribution in [2.45, 2.75) is 32.9 Å². The molecule has 1 amide bonds. The quantitative estimate of drug-likeness (QED) is 0.388. The van der Waals surface area contributed by atoms with Gasteiger partial charge in [-0.2, -0.15) is 0 Å². The third-order valence-electron chi connectivity index (χ3n) is 5.48. The molecule has 2 atom stereocenters. The summed E-state index contributed by atoms with van der Waals surface area (Å²) in [5, 5.41) is 11.1. The van der Waals surface area contributed by atoms with Crippen molar-refractivity contribution in [1.29, 1.82) is 0 Å². The molecule has 0 aliphatic heterocycles. The third-order valence-corrected chi connectivity index (χ3v) is 5.48. The summed E-state index contributed by atoms with van der Waals surface area (Å²) >= 11 is 0. The number of hydrogen-bond donors (Lipinski definition) is 1. The number of benzene rings is 3. The average Bonchev–Trinajstić information content (AvgIpc) is 3.35. The van der Waals surface area contributed by atoms with Crippen LogP contribution in [0.25, 0.3) is 22.9 Å². The van der Waals surface area contributed by atoms with Crippen molar-refractivity contribution in [3.63, 3.8) is 0 Å². The van der Waals surface area contributed by atoms with Crippen LogP contribution >= 0.6 is 0 Å². The Morgan fingerprint density at radius 1 is 0.853 bits per heavy atom. The molecule has 0 saturated carbocycles. The van der Waals surface area contributed by atoms with Crippen molar-refractivity contribution in [2.75, 3.05) is 0 Å². The molecule has 4 rings (SSSR count). The molecule has 0 radical (unpaired) electrons. The van der Waals surface area contributed by atoms with Crippen molar-refractivity contribution in [2.24, 2.45) is 0 Å². The summed E-state index contributed by atoms with van der Waals surface area (Å²) in [6.45, 7) is 5.40. The maximum Gasteiger partial charge on any atom is 0.338 e. The maximum atomic E-state index is 12.5. The lowest BCUT2D eigenvalue weighted by molar-refractivity contribution is -0.129. The van der Waals surface area contributed by atoms with Gasteiger partial charge in [-0.1, -0.05) is 48.5 Å². The monoisotopic (exact) mass is 455 g/mol. The van der Waals surface area contributed by atoms with E-state index in [1.165, 1.54) is 0 Å². The van der Waals surface area contributed by atoms with Crippen LogP contribution in [-0.4, -0.2) is 28.2 Å². The van der Waals surface area contributed by atoms with Crippen LogP contribution in [0.2, 0.25) is 0 Å². The molecule has 0 bridgehead atoms. The van der Waals surface area contributed by atoms with E-state index in [4.69, 9.17) is 9.15 Å². The molecule has 0 saturated heterocycles. The Balaban J connectivity index is 1.38. The maximum absolute atomic E-state index is 12.5. The molecule has 1 aromatic heterocycles. The number of aromatic nitrogens is 2. The van der Waals surface area contributed by atoms with Gasteiger partial charge >= 0.3 is 5.97 Å². The van der Waals surface area contributed by atoms with Crippen LogP contribution in [0.5, 0.6) is 0 Å². The lowest BCUT2D eigenvalue weighted by atomic mass is 10.1. The van der Waals surface area contributed by atoms with Gasteiger partial charge in [-0.05, 0) is 62.2 Å². The Hall–Kier alpha value is -4.26. The summed E-state index contributed by atoms with van der Waals surface area (Å²) in [6, 6.07) is 23.7. The molecule has 2 unspecified atom stereocenters.